The number of nitrogens with zero attached hydrogens (tertiary/aromatic N) is 2. The number of fused-ring (bicyclic) bond motifs is 1. The highest BCUT2D eigenvalue weighted by atomic mass is 16.3. The molecule has 1 aromatic carbocycles. The lowest BCUT2D eigenvalue weighted by atomic mass is 9.83. The summed E-state index contributed by atoms with van der Waals surface area (Å²) in [7, 11) is 0. The van der Waals surface area contributed by atoms with Crippen molar-refractivity contribution in [1.29, 1.82) is 0 Å². The van der Waals surface area contributed by atoms with Gasteiger partial charge >= 0.3 is 0 Å². The minimum absolute atomic E-state index is 0.0785. The minimum Gasteiger partial charge on any atom is -0.508 e. The average Bonchev–Trinajstić information content (AvgIpc) is 2.50. The van der Waals surface area contributed by atoms with Crippen LogP contribution in [0.4, 0.5) is 0 Å². The van der Waals surface area contributed by atoms with Gasteiger partial charge in [0.1, 0.15) is 11.5 Å². The Morgan fingerprint density at radius 2 is 2.00 bits per heavy atom. The molecule has 4 heteroatoms. The number of piperidine rings is 2. The topological polar surface area (TPSA) is 56.1 Å². The average molecular weight is 288 g/mol. The van der Waals surface area contributed by atoms with E-state index in [1.54, 1.807) is 18.3 Å². The Kier molecular flexibility index (Phi) is 4.44. The number of aliphatic imine (C=N–C) groups is 1. The molecule has 0 aromatic heterocycles. The molecule has 21 heavy (non-hydrogen) atoms. The lowest BCUT2D eigenvalue weighted by Crippen LogP contribution is -2.48. The molecule has 3 rings (SSSR count). The van der Waals surface area contributed by atoms with Crippen LogP contribution in [0.5, 0.6) is 11.5 Å². The number of phenolic OH excluding ortho intramolecular Hbond substituents is 2. The third kappa shape index (κ3) is 3.38. The molecule has 0 unspecified atom stereocenters. The van der Waals surface area contributed by atoms with Gasteiger partial charge in [-0.25, -0.2) is 0 Å². The zero-order valence-electron chi connectivity index (χ0n) is 12.4. The number of hydrogen-bond donors (Lipinski definition) is 2. The molecule has 0 saturated carbocycles. The van der Waals surface area contributed by atoms with Crippen molar-refractivity contribution in [2.24, 2.45) is 10.9 Å². The maximum absolute atomic E-state index is 9.76. The van der Waals surface area contributed by atoms with Crippen LogP contribution >= 0.6 is 0 Å². The maximum Gasteiger partial charge on any atom is 0.128 e. The Hall–Kier alpha value is -1.55. The highest BCUT2D eigenvalue weighted by Gasteiger charge is 2.32. The molecular weight excluding hydrogens is 264 g/mol. The van der Waals surface area contributed by atoms with E-state index in [1.165, 1.54) is 51.3 Å². The molecule has 2 heterocycles. The lowest BCUT2D eigenvalue weighted by molar-refractivity contribution is 0.0635. The van der Waals surface area contributed by atoms with Crippen LogP contribution in [-0.2, 0) is 0 Å². The van der Waals surface area contributed by atoms with Gasteiger partial charge in [0.15, 0.2) is 0 Å². The van der Waals surface area contributed by atoms with Gasteiger partial charge in [-0.3, -0.25) is 4.99 Å². The van der Waals surface area contributed by atoms with Crippen LogP contribution in [0.3, 0.4) is 0 Å². The summed E-state index contributed by atoms with van der Waals surface area (Å²) in [5.74, 6) is 0.811. The van der Waals surface area contributed by atoms with Gasteiger partial charge < -0.3 is 15.1 Å². The van der Waals surface area contributed by atoms with Crippen molar-refractivity contribution in [2.45, 2.75) is 38.1 Å². The van der Waals surface area contributed by atoms with Crippen LogP contribution in [0.15, 0.2) is 23.2 Å². The second-order valence-electron chi connectivity index (χ2n) is 6.24. The summed E-state index contributed by atoms with van der Waals surface area (Å²) >= 11 is 0. The van der Waals surface area contributed by atoms with Crippen LogP contribution < -0.4 is 0 Å². The smallest absolute Gasteiger partial charge is 0.128 e. The summed E-state index contributed by atoms with van der Waals surface area (Å²) < 4.78 is 0. The summed E-state index contributed by atoms with van der Waals surface area (Å²) in [5.41, 5.74) is 0.670. The van der Waals surface area contributed by atoms with Gasteiger partial charge in [-0.05, 0) is 56.8 Å². The van der Waals surface area contributed by atoms with E-state index in [9.17, 15) is 10.2 Å². The number of phenols is 2. The fraction of sp³-hybridized carbons (Fsp3) is 0.588. The fourth-order valence-electron chi connectivity index (χ4n) is 3.72. The zero-order chi connectivity index (χ0) is 14.7. The molecule has 1 aromatic rings. The van der Waals surface area contributed by atoms with E-state index in [0.717, 1.165) is 6.54 Å². The molecule has 0 radical (unpaired) electrons. The van der Waals surface area contributed by atoms with Gasteiger partial charge in [-0.2, -0.15) is 0 Å². The van der Waals surface area contributed by atoms with E-state index in [1.807, 2.05) is 0 Å². The quantitative estimate of drug-likeness (QED) is 0.841. The number of benzene rings is 1. The molecule has 2 aliphatic heterocycles. The summed E-state index contributed by atoms with van der Waals surface area (Å²) in [6.45, 7) is 3.34. The molecule has 2 atom stereocenters. The fourth-order valence-corrected chi connectivity index (χ4v) is 3.72. The standard InChI is InChI=1S/C17H24N2O2/c20-15-7-6-14(17(21)10-15)12-18-11-13-4-3-9-19-8-2-1-5-16(13)19/h6-7,10,12-13,16,20-21H,1-5,8-9,11H2/t13-,16+/m0/s1. The van der Waals surface area contributed by atoms with Crippen molar-refractivity contribution < 1.29 is 10.2 Å². The molecule has 4 nitrogen and oxygen atoms in total. The van der Waals surface area contributed by atoms with Gasteiger partial charge in [0.05, 0.1) is 0 Å². The van der Waals surface area contributed by atoms with E-state index < -0.39 is 0 Å². The molecule has 2 aliphatic rings. The predicted octanol–water partition coefficient (Wildman–Crippen LogP) is 2.78. The zero-order valence-corrected chi connectivity index (χ0v) is 12.4. The molecular formula is C17H24N2O2. The van der Waals surface area contributed by atoms with Crippen molar-refractivity contribution in [2.75, 3.05) is 19.6 Å². The summed E-state index contributed by atoms with van der Waals surface area (Å²) in [5, 5.41) is 19.0. The Morgan fingerprint density at radius 1 is 1.14 bits per heavy atom. The van der Waals surface area contributed by atoms with Crippen molar-refractivity contribution in [1.82, 2.24) is 4.90 Å². The van der Waals surface area contributed by atoms with Crippen molar-refractivity contribution >= 4 is 6.21 Å². The van der Waals surface area contributed by atoms with Gasteiger partial charge in [0.2, 0.25) is 0 Å². The first-order valence-electron chi connectivity index (χ1n) is 8.00. The normalized spacial score (nSPS) is 26.9. The van der Waals surface area contributed by atoms with E-state index in [2.05, 4.69) is 9.89 Å². The first-order valence-corrected chi connectivity index (χ1v) is 8.00. The number of rotatable bonds is 3. The highest BCUT2D eigenvalue weighted by Crippen LogP contribution is 2.31. The Balaban J connectivity index is 1.62. The largest absolute Gasteiger partial charge is 0.508 e. The summed E-state index contributed by atoms with van der Waals surface area (Å²) in [4.78, 5) is 7.20. The molecule has 0 spiro atoms. The SMILES string of the molecule is Oc1ccc(C=NC[C@@H]2CCCN3CCCC[C@H]23)c(O)c1. The molecule has 0 bridgehead atoms. The second-order valence-corrected chi connectivity index (χ2v) is 6.24. The Bertz CT molecular complexity index is 514. The highest BCUT2D eigenvalue weighted by molar-refractivity contribution is 5.83. The van der Waals surface area contributed by atoms with Crippen LogP contribution in [0.2, 0.25) is 0 Å². The van der Waals surface area contributed by atoms with Gasteiger partial charge in [-0.15, -0.1) is 0 Å². The summed E-state index contributed by atoms with van der Waals surface area (Å²) in [6.07, 6.45) is 8.27. The molecule has 0 amide bonds. The Morgan fingerprint density at radius 3 is 2.86 bits per heavy atom. The maximum atomic E-state index is 9.76. The molecule has 0 aliphatic carbocycles. The van der Waals surface area contributed by atoms with E-state index in [4.69, 9.17) is 0 Å². The third-order valence-corrected chi connectivity index (χ3v) is 4.81. The van der Waals surface area contributed by atoms with E-state index >= 15 is 0 Å². The molecule has 2 saturated heterocycles. The molecule has 114 valence electrons. The monoisotopic (exact) mass is 288 g/mol. The van der Waals surface area contributed by atoms with Crippen LogP contribution in [0, 0.1) is 5.92 Å². The lowest BCUT2D eigenvalue weighted by Gasteiger charge is -2.43. The summed E-state index contributed by atoms with van der Waals surface area (Å²) in [6, 6.07) is 5.33. The minimum atomic E-state index is 0.0785. The number of aromatic hydroxyl groups is 2. The van der Waals surface area contributed by atoms with Crippen molar-refractivity contribution in [3.63, 3.8) is 0 Å². The molecule has 2 N–H and O–H groups in total. The Labute approximate surface area is 126 Å². The van der Waals surface area contributed by atoms with E-state index in [-0.39, 0.29) is 11.5 Å². The van der Waals surface area contributed by atoms with Crippen LogP contribution in [-0.4, -0.2) is 47.0 Å². The number of hydrogen-bond acceptors (Lipinski definition) is 4. The van der Waals surface area contributed by atoms with Gasteiger partial charge in [-0.1, -0.05) is 6.42 Å². The van der Waals surface area contributed by atoms with Crippen LogP contribution in [0.1, 0.15) is 37.7 Å². The van der Waals surface area contributed by atoms with Crippen LogP contribution in [0.25, 0.3) is 0 Å². The van der Waals surface area contributed by atoms with Gasteiger partial charge in [0.25, 0.3) is 0 Å². The first kappa shape index (κ1) is 14.4. The van der Waals surface area contributed by atoms with Gasteiger partial charge in [0, 0.05) is 30.4 Å². The van der Waals surface area contributed by atoms with E-state index in [0.29, 0.717) is 17.5 Å². The van der Waals surface area contributed by atoms with Crippen molar-refractivity contribution in [3.05, 3.63) is 23.8 Å². The molecule has 2 fully saturated rings. The van der Waals surface area contributed by atoms with Crippen molar-refractivity contribution in [3.8, 4) is 11.5 Å². The first-order chi connectivity index (χ1) is 10.2. The third-order valence-electron chi connectivity index (χ3n) is 4.81. The predicted molar refractivity (Wildman–Crippen MR) is 84.2 cm³/mol. The second kappa shape index (κ2) is 6.48.